The standard InChI is InChI=1S/C16H30N2OS/c1-5-7-8-14(6-2)10-19-11-15-12-20-16(18-15)9-17-13(3)4/h12-14,17H,5-11H2,1-4H3. The maximum Gasteiger partial charge on any atom is 0.107 e. The molecule has 3 nitrogen and oxygen atoms in total. The molecule has 1 N–H and O–H groups in total. The number of ether oxygens (including phenoxy) is 1. The van der Waals surface area contributed by atoms with Gasteiger partial charge in [0.25, 0.3) is 0 Å². The second-order valence-electron chi connectivity index (χ2n) is 5.70. The molecule has 1 heterocycles. The molecule has 0 saturated heterocycles. The molecule has 4 heteroatoms. The fraction of sp³-hybridized carbons (Fsp3) is 0.812. The highest BCUT2D eigenvalue weighted by Crippen LogP contribution is 2.15. The van der Waals surface area contributed by atoms with E-state index < -0.39 is 0 Å². The fourth-order valence-electron chi connectivity index (χ4n) is 2.02. The average molecular weight is 298 g/mol. The van der Waals surface area contributed by atoms with Crippen molar-refractivity contribution in [1.82, 2.24) is 10.3 Å². The van der Waals surface area contributed by atoms with E-state index in [0.717, 1.165) is 23.9 Å². The third-order valence-corrected chi connectivity index (χ3v) is 4.31. The van der Waals surface area contributed by atoms with Gasteiger partial charge in [-0.25, -0.2) is 4.98 Å². The van der Waals surface area contributed by atoms with Crippen LogP contribution < -0.4 is 5.32 Å². The first-order valence-corrected chi connectivity index (χ1v) is 8.78. The summed E-state index contributed by atoms with van der Waals surface area (Å²) >= 11 is 1.72. The molecule has 0 aliphatic rings. The van der Waals surface area contributed by atoms with Crippen molar-refractivity contribution in [2.75, 3.05) is 6.61 Å². The van der Waals surface area contributed by atoms with Crippen molar-refractivity contribution in [2.24, 2.45) is 5.92 Å². The number of rotatable bonds is 11. The molecule has 1 rings (SSSR count). The molecule has 116 valence electrons. The Morgan fingerprint density at radius 1 is 1.35 bits per heavy atom. The lowest BCUT2D eigenvalue weighted by atomic mass is 10.0. The van der Waals surface area contributed by atoms with E-state index in [1.807, 2.05) is 0 Å². The lowest BCUT2D eigenvalue weighted by molar-refractivity contribution is 0.0801. The number of aromatic nitrogens is 1. The van der Waals surface area contributed by atoms with Crippen LogP contribution in [0.5, 0.6) is 0 Å². The molecule has 0 fully saturated rings. The van der Waals surface area contributed by atoms with Crippen molar-refractivity contribution in [1.29, 1.82) is 0 Å². The van der Waals surface area contributed by atoms with Gasteiger partial charge in [0.1, 0.15) is 5.01 Å². The summed E-state index contributed by atoms with van der Waals surface area (Å²) in [7, 11) is 0. The quantitative estimate of drug-likeness (QED) is 0.658. The summed E-state index contributed by atoms with van der Waals surface area (Å²) in [5, 5.41) is 6.65. The molecule has 1 unspecified atom stereocenters. The lowest BCUT2D eigenvalue weighted by Gasteiger charge is -2.13. The summed E-state index contributed by atoms with van der Waals surface area (Å²) in [4.78, 5) is 4.60. The first-order chi connectivity index (χ1) is 9.65. The lowest BCUT2D eigenvalue weighted by Crippen LogP contribution is -2.21. The predicted molar refractivity (Wildman–Crippen MR) is 87.1 cm³/mol. The van der Waals surface area contributed by atoms with Gasteiger partial charge >= 0.3 is 0 Å². The van der Waals surface area contributed by atoms with E-state index in [-0.39, 0.29) is 0 Å². The van der Waals surface area contributed by atoms with E-state index in [1.54, 1.807) is 11.3 Å². The summed E-state index contributed by atoms with van der Waals surface area (Å²) in [6, 6.07) is 0.502. The van der Waals surface area contributed by atoms with Crippen molar-refractivity contribution < 1.29 is 4.74 Å². The molecule has 0 spiro atoms. The van der Waals surface area contributed by atoms with E-state index in [1.165, 1.54) is 25.7 Å². The van der Waals surface area contributed by atoms with Crippen molar-refractivity contribution in [3.63, 3.8) is 0 Å². The van der Waals surface area contributed by atoms with Crippen LogP contribution in [-0.4, -0.2) is 17.6 Å². The van der Waals surface area contributed by atoms with Gasteiger partial charge < -0.3 is 10.1 Å². The van der Waals surface area contributed by atoms with E-state index in [9.17, 15) is 0 Å². The highest BCUT2D eigenvalue weighted by molar-refractivity contribution is 7.09. The monoisotopic (exact) mass is 298 g/mol. The normalized spacial score (nSPS) is 13.1. The number of hydrogen-bond acceptors (Lipinski definition) is 4. The van der Waals surface area contributed by atoms with Gasteiger partial charge in [-0.05, 0) is 12.3 Å². The van der Waals surface area contributed by atoms with Crippen LogP contribution in [0, 0.1) is 5.92 Å². The van der Waals surface area contributed by atoms with Crippen molar-refractivity contribution in [2.45, 2.75) is 72.6 Å². The molecule has 1 aromatic rings. The minimum absolute atomic E-state index is 0.502. The predicted octanol–water partition coefficient (Wildman–Crippen LogP) is 4.37. The third kappa shape index (κ3) is 7.36. The number of thiazole rings is 1. The van der Waals surface area contributed by atoms with E-state index in [2.05, 4.69) is 43.4 Å². The number of hydrogen-bond donors (Lipinski definition) is 1. The summed E-state index contributed by atoms with van der Waals surface area (Å²) in [5.41, 5.74) is 1.07. The molecular weight excluding hydrogens is 268 g/mol. The molecule has 0 radical (unpaired) electrons. The molecule has 0 amide bonds. The third-order valence-electron chi connectivity index (χ3n) is 3.41. The Balaban J connectivity index is 2.24. The van der Waals surface area contributed by atoms with E-state index in [0.29, 0.717) is 18.6 Å². The van der Waals surface area contributed by atoms with Crippen LogP contribution in [-0.2, 0) is 17.9 Å². The Labute approximate surface area is 128 Å². The Morgan fingerprint density at radius 2 is 2.15 bits per heavy atom. The van der Waals surface area contributed by atoms with E-state index in [4.69, 9.17) is 4.74 Å². The highest BCUT2D eigenvalue weighted by atomic mass is 32.1. The van der Waals surface area contributed by atoms with Crippen LogP contribution in [0.25, 0.3) is 0 Å². The largest absolute Gasteiger partial charge is 0.375 e. The van der Waals surface area contributed by atoms with Crippen LogP contribution in [0.15, 0.2) is 5.38 Å². The Morgan fingerprint density at radius 3 is 2.80 bits per heavy atom. The SMILES string of the molecule is CCCCC(CC)COCc1csc(CNC(C)C)n1. The van der Waals surface area contributed by atoms with Gasteiger partial charge in [0, 0.05) is 24.6 Å². The van der Waals surface area contributed by atoms with Gasteiger partial charge in [0.15, 0.2) is 0 Å². The first-order valence-electron chi connectivity index (χ1n) is 7.90. The van der Waals surface area contributed by atoms with Crippen LogP contribution in [0.1, 0.15) is 64.1 Å². The highest BCUT2D eigenvalue weighted by Gasteiger charge is 2.07. The van der Waals surface area contributed by atoms with Crippen LogP contribution >= 0.6 is 11.3 Å². The summed E-state index contributed by atoms with van der Waals surface area (Å²) in [5.74, 6) is 0.704. The smallest absolute Gasteiger partial charge is 0.107 e. The van der Waals surface area contributed by atoms with Gasteiger partial charge in [0.05, 0.1) is 12.3 Å². The average Bonchev–Trinajstić information content (AvgIpc) is 2.88. The van der Waals surface area contributed by atoms with Crippen LogP contribution in [0.4, 0.5) is 0 Å². The maximum atomic E-state index is 5.83. The maximum absolute atomic E-state index is 5.83. The van der Waals surface area contributed by atoms with Gasteiger partial charge in [-0.3, -0.25) is 0 Å². The van der Waals surface area contributed by atoms with Gasteiger partial charge in [-0.15, -0.1) is 11.3 Å². The van der Waals surface area contributed by atoms with Crippen LogP contribution in [0.2, 0.25) is 0 Å². The molecule has 0 aromatic carbocycles. The fourth-order valence-corrected chi connectivity index (χ4v) is 2.75. The summed E-state index contributed by atoms with van der Waals surface area (Å²) in [6.45, 7) is 11.2. The Bertz CT molecular complexity index is 352. The molecule has 1 aromatic heterocycles. The van der Waals surface area contributed by atoms with Crippen molar-refractivity contribution >= 4 is 11.3 Å². The molecule has 1 atom stereocenters. The second kappa shape index (κ2) is 10.3. The number of unbranched alkanes of at least 4 members (excludes halogenated alkanes) is 1. The first kappa shape index (κ1) is 17.6. The van der Waals surface area contributed by atoms with E-state index >= 15 is 0 Å². The van der Waals surface area contributed by atoms with Gasteiger partial charge in [-0.2, -0.15) is 0 Å². The molecule has 0 saturated carbocycles. The molecule has 0 aliphatic carbocycles. The second-order valence-corrected chi connectivity index (χ2v) is 6.64. The number of nitrogens with one attached hydrogen (secondary N) is 1. The topological polar surface area (TPSA) is 34.1 Å². The Kier molecular flexibility index (Phi) is 9.07. The molecule has 0 bridgehead atoms. The minimum atomic E-state index is 0.502. The minimum Gasteiger partial charge on any atom is -0.375 e. The molecular formula is C16H30N2OS. The van der Waals surface area contributed by atoms with Gasteiger partial charge in [-0.1, -0.05) is 47.0 Å². The van der Waals surface area contributed by atoms with Crippen molar-refractivity contribution in [3.8, 4) is 0 Å². The summed E-state index contributed by atoms with van der Waals surface area (Å²) in [6.07, 6.45) is 5.08. The number of nitrogens with zero attached hydrogens (tertiary/aromatic N) is 1. The zero-order valence-corrected chi connectivity index (χ0v) is 14.3. The molecule has 0 aliphatic heterocycles. The molecule has 20 heavy (non-hydrogen) atoms. The van der Waals surface area contributed by atoms with Crippen LogP contribution in [0.3, 0.4) is 0 Å². The Hall–Kier alpha value is -0.450. The zero-order valence-electron chi connectivity index (χ0n) is 13.4. The summed E-state index contributed by atoms with van der Waals surface area (Å²) < 4.78 is 5.83. The zero-order chi connectivity index (χ0) is 14.8. The van der Waals surface area contributed by atoms with Gasteiger partial charge in [0.2, 0.25) is 0 Å². The van der Waals surface area contributed by atoms with Crippen molar-refractivity contribution in [3.05, 3.63) is 16.1 Å².